The second kappa shape index (κ2) is 8.30. The van der Waals surface area contributed by atoms with E-state index in [2.05, 4.69) is 5.32 Å². The van der Waals surface area contributed by atoms with Crippen LogP contribution in [-0.4, -0.2) is 25.1 Å². The standard InChI is InChI=1S/C18H15N3O5/c1-25-16-8-7-14(10-17(16)26-2)20-18(22)13(11-19)9-12-5-3-4-6-15(12)21(23)24/h3-10H,1-2H3,(H,20,22)/b13-9+. The van der Waals surface area contributed by atoms with Gasteiger partial charge in [0.1, 0.15) is 11.6 Å². The summed E-state index contributed by atoms with van der Waals surface area (Å²) in [4.78, 5) is 22.8. The first kappa shape index (κ1) is 18.5. The Bertz CT molecular complexity index is 915. The SMILES string of the molecule is COc1ccc(NC(=O)/C(C#N)=C/c2ccccc2[N+](=O)[O-])cc1OC. The minimum absolute atomic E-state index is 0.163. The van der Waals surface area contributed by atoms with Crippen molar-refractivity contribution < 1.29 is 19.2 Å². The molecule has 2 aromatic rings. The molecule has 0 aliphatic rings. The molecule has 0 saturated carbocycles. The van der Waals surface area contributed by atoms with Crippen molar-refractivity contribution in [3.63, 3.8) is 0 Å². The van der Waals surface area contributed by atoms with Crippen LogP contribution in [0.3, 0.4) is 0 Å². The van der Waals surface area contributed by atoms with E-state index in [0.29, 0.717) is 17.2 Å². The van der Waals surface area contributed by atoms with Crippen LogP contribution in [0.5, 0.6) is 11.5 Å². The van der Waals surface area contributed by atoms with Crippen LogP contribution in [-0.2, 0) is 4.79 Å². The van der Waals surface area contributed by atoms with Gasteiger partial charge in [-0.1, -0.05) is 12.1 Å². The van der Waals surface area contributed by atoms with Crippen LogP contribution >= 0.6 is 0 Å². The molecule has 132 valence electrons. The predicted molar refractivity (Wildman–Crippen MR) is 94.9 cm³/mol. The first-order chi connectivity index (χ1) is 12.5. The molecular formula is C18H15N3O5. The average molecular weight is 353 g/mol. The molecule has 0 bridgehead atoms. The fourth-order valence-electron chi connectivity index (χ4n) is 2.19. The number of methoxy groups -OCH3 is 2. The molecule has 2 rings (SSSR count). The van der Waals surface area contributed by atoms with Crippen LogP contribution in [0.25, 0.3) is 6.08 Å². The van der Waals surface area contributed by atoms with E-state index in [9.17, 15) is 20.2 Å². The molecule has 0 unspecified atom stereocenters. The van der Waals surface area contributed by atoms with E-state index in [4.69, 9.17) is 9.47 Å². The van der Waals surface area contributed by atoms with Gasteiger partial charge in [-0.05, 0) is 24.3 Å². The summed E-state index contributed by atoms with van der Waals surface area (Å²) >= 11 is 0. The van der Waals surface area contributed by atoms with Crippen LogP contribution in [0.4, 0.5) is 11.4 Å². The Kier molecular flexibility index (Phi) is 5.90. The Hall–Kier alpha value is -3.86. The van der Waals surface area contributed by atoms with Gasteiger partial charge in [0, 0.05) is 17.8 Å². The van der Waals surface area contributed by atoms with E-state index < -0.39 is 10.8 Å². The molecular weight excluding hydrogens is 338 g/mol. The van der Waals surface area contributed by atoms with E-state index in [0.717, 1.165) is 0 Å². The second-order valence-corrected chi connectivity index (χ2v) is 5.01. The highest BCUT2D eigenvalue weighted by Crippen LogP contribution is 2.30. The predicted octanol–water partition coefficient (Wildman–Crippen LogP) is 3.16. The fourth-order valence-corrected chi connectivity index (χ4v) is 2.19. The van der Waals surface area contributed by atoms with Gasteiger partial charge in [0.05, 0.1) is 24.7 Å². The van der Waals surface area contributed by atoms with Gasteiger partial charge >= 0.3 is 0 Å². The summed E-state index contributed by atoms with van der Waals surface area (Å²) in [5, 5.41) is 22.9. The summed E-state index contributed by atoms with van der Waals surface area (Å²) in [6.45, 7) is 0. The summed E-state index contributed by atoms with van der Waals surface area (Å²) in [6, 6.07) is 12.3. The minimum atomic E-state index is -0.696. The van der Waals surface area contributed by atoms with Gasteiger partial charge in [-0.15, -0.1) is 0 Å². The van der Waals surface area contributed by atoms with Crippen LogP contribution < -0.4 is 14.8 Å². The lowest BCUT2D eigenvalue weighted by Crippen LogP contribution is -2.13. The number of nitrogens with one attached hydrogen (secondary N) is 1. The van der Waals surface area contributed by atoms with Crippen molar-refractivity contribution >= 4 is 23.4 Å². The Morgan fingerprint density at radius 2 is 1.88 bits per heavy atom. The number of para-hydroxylation sites is 1. The second-order valence-electron chi connectivity index (χ2n) is 5.01. The van der Waals surface area contributed by atoms with Crippen molar-refractivity contribution in [1.82, 2.24) is 0 Å². The molecule has 0 aliphatic heterocycles. The van der Waals surface area contributed by atoms with E-state index in [1.54, 1.807) is 24.3 Å². The largest absolute Gasteiger partial charge is 0.493 e. The number of nitriles is 1. The number of nitrogens with zero attached hydrogens (tertiary/aromatic N) is 2. The van der Waals surface area contributed by atoms with Crippen molar-refractivity contribution in [1.29, 1.82) is 5.26 Å². The summed E-state index contributed by atoms with van der Waals surface area (Å²) in [5.41, 5.74) is 0.0844. The normalized spacial score (nSPS) is 10.6. The van der Waals surface area contributed by atoms with Crippen molar-refractivity contribution in [3.05, 3.63) is 63.7 Å². The van der Waals surface area contributed by atoms with Gasteiger partial charge in [-0.25, -0.2) is 0 Å². The molecule has 0 heterocycles. The molecule has 2 aromatic carbocycles. The van der Waals surface area contributed by atoms with Crippen LogP contribution in [0.2, 0.25) is 0 Å². The number of rotatable bonds is 6. The number of anilines is 1. The van der Waals surface area contributed by atoms with Crippen LogP contribution in [0.1, 0.15) is 5.56 Å². The molecule has 1 N–H and O–H groups in total. The Morgan fingerprint density at radius 1 is 1.19 bits per heavy atom. The molecule has 0 atom stereocenters. The minimum Gasteiger partial charge on any atom is -0.493 e. The third kappa shape index (κ3) is 4.15. The third-order valence-corrected chi connectivity index (χ3v) is 3.44. The molecule has 0 radical (unpaired) electrons. The van der Waals surface area contributed by atoms with Gasteiger partial charge < -0.3 is 14.8 Å². The Balaban J connectivity index is 2.30. The molecule has 1 amide bonds. The highest BCUT2D eigenvalue weighted by molar-refractivity contribution is 6.10. The molecule has 8 heteroatoms. The number of nitro groups is 1. The lowest BCUT2D eigenvalue weighted by Gasteiger charge is -2.10. The quantitative estimate of drug-likeness (QED) is 0.369. The zero-order valence-corrected chi connectivity index (χ0v) is 14.1. The molecule has 26 heavy (non-hydrogen) atoms. The molecule has 0 saturated heterocycles. The van der Waals surface area contributed by atoms with E-state index in [-0.39, 0.29) is 16.8 Å². The fraction of sp³-hybridized carbons (Fsp3) is 0.111. The molecule has 8 nitrogen and oxygen atoms in total. The highest BCUT2D eigenvalue weighted by atomic mass is 16.6. The maximum atomic E-state index is 12.3. The topological polar surface area (TPSA) is 114 Å². The number of carbonyl (C=O) groups excluding carboxylic acids is 1. The highest BCUT2D eigenvalue weighted by Gasteiger charge is 2.15. The summed E-state index contributed by atoms with van der Waals surface area (Å²) in [5.74, 6) is 0.200. The molecule has 0 fully saturated rings. The summed E-state index contributed by atoms with van der Waals surface area (Å²) < 4.78 is 10.3. The molecule has 0 aromatic heterocycles. The number of ether oxygens (including phenoxy) is 2. The third-order valence-electron chi connectivity index (χ3n) is 3.44. The first-order valence-corrected chi connectivity index (χ1v) is 7.38. The number of hydrogen-bond donors (Lipinski definition) is 1. The maximum absolute atomic E-state index is 12.3. The Morgan fingerprint density at radius 3 is 2.50 bits per heavy atom. The lowest BCUT2D eigenvalue weighted by atomic mass is 10.1. The zero-order chi connectivity index (χ0) is 19.1. The van der Waals surface area contributed by atoms with E-state index >= 15 is 0 Å². The smallest absolute Gasteiger partial charge is 0.276 e. The van der Waals surface area contributed by atoms with Crippen LogP contribution in [0.15, 0.2) is 48.0 Å². The maximum Gasteiger partial charge on any atom is 0.276 e. The number of hydrogen-bond acceptors (Lipinski definition) is 6. The molecule has 0 aliphatic carbocycles. The monoisotopic (exact) mass is 353 g/mol. The van der Waals surface area contributed by atoms with Gasteiger partial charge in [0.25, 0.3) is 11.6 Å². The van der Waals surface area contributed by atoms with Crippen molar-refractivity contribution in [2.24, 2.45) is 0 Å². The summed E-state index contributed by atoms with van der Waals surface area (Å²) in [6.07, 6.45) is 1.17. The number of amides is 1. The van der Waals surface area contributed by atoms with Gasteiger partial charge in [-0.2, -0.15) is 5.26 Å². The first-order valence-electron chi connectivity index (χ1n) is 7.38. The van der Waals surface area contributed by atoms with Crippen molar-refractivity contribution in [3.8, 4) is 17.6 Å². The number of carbonyl (C=O) groups is 1. The Labute approximate surface area is 149 Å². The van der Waals surface area contributed by atoms with E-state index in [1.165, 1.54) is 44.6 Å². The lowest BCUT2D eigenvalue weighted by molar-refractivity contribution is -0.385. The van der Waals surface area contributed by atoms with Crippen molar-refractivity contribution in [2.45, 2.75) is 0 Å². The molecule has 0 spiro atoms. The average Bonchev–Trinajstić information content (AvgIpc) is 2.65. The van der Waals surface area contributed by atoms with Gasteiger partial charge in [0.15, 0.2) is 11.5 Å². The van der Waals surface area contributed by atoms with Gasteiger partial charge in [0.2, 0.25) is 0 Å². The van der Waals surface area contributed by atoms with Gasteiger partial charge in [-0.3, -0.25) is 14.9 Å². The number of nitro benzene ring substituents is 1. The summed E-state index contributed by atoms with van der Waals surface area (Å²) in [7, 11) is 2.94. The van der Waals surface area contributed by atoms with Crippen molar-refractivity contribution in [2.75, 3.05) is 19.5 Å². The van der Waals surface area contributed by atoms with E-state index in [1.807, 2.05) is 0 Å². The van der Waals surface area contributed by atoms with Crippen LogP contribution in [0, 0.1) is 21.4 Å². The number of benzene rings is 2. The zero-order valence-electron chi connectivity index (χ0n) is 14.1.